The minimum absolute atomic E-state index is 0.411. The zero-order chi connectivity index (χ0) is 13.5. The normalized spacial score (nSPS) is 29.7. The molecule has 4 rings (SSSR count). The maximum Gasteiger partial charge on any atom is 0.417 e. The van der Waals surface area contributed by atoms with Gasteiger partial charge in [0.25, 0.3) is 0 Å². The van der Waals surface area contributed by atoms with Crippen LogP contribution >= 0.6 is 0 Å². The van der Waals surface area contributed by atoms with Crippen molar-refractivity contribution in [3.8, 4) is 0 Å². The molecule has 3 aliphatic rings. The van der Waals surface area contributed by atoms with Crippen molar-refractivity contribution in [3.05, 3.63) is 23.9 Å². The number of alkyl halides is 3. The van der Waals surface area contributed by atoms with E-state index in [4.69, 9.17) is 0 Å². The Morgan fingerprint density at radius 3 is 2.63 bits per heavy atom. The first-order chi connectivity index (χ1) is 9.02. The Hall–Kier alpha value is -1.30. The summed E-state index contributed by atoms with van der Waals surface area (Å²) in [5.41, 5.74) is -0.712. The van der Waals surface area contributed by atoms with Crippen LogP contribution in [0.15, 0.2) is 18.3 Å². The fraction of sp³-hybridized carbons (Fsp3) is 0.615. The summed E-state index contributed by atoms with van der Waals surface area (Å²) in [7, 11) is 0. The van der Waals surface area contributed by atoms with Crippen LogP contribution < -0.4 is 10.6 Å². The molecule has 1 saturated carbocycles. The second kappa shape index (κ2) is 4.67. The van der Waals surface area contributed by atoms with Crippen LogP contribution in [0.5, 0.6) is 0 Å². The zero-order valence-corrected chi connectivity index (χ0v) is 10.4. The van der Waals surface area contributed by atoms with Crippen molar-refractivity contribution in [2.75, 3.05) is 18.4 Å². The summed E-state index contributed by atoms with van der Waals surface area (Å²) in [6, 6.07) is 2.85. The molecule has 1 aliphatic carbocycles. The van der Waals surface area contributed by atoms with Crippen molar-refractivity contribution in [2.45, 2.75) is 25.1 Å². The van der Waals surface area contributed by atoms with E-state index in [1.54, 1.807) is 0 Å². The molecule has 2 aliphatic heterocycles. The Kier molecular flexibility index (Phi) is 3.12. The molecular weight excluding hydrogens is 255 g/mol. The molecule has 3 nitrogen and oxygen atoms in total. The van der Waals surface area contributed by atoms with Crippen molar-refractivity contribution in [2.24, 2.45) is 11.8 Å². The molecule has 1 atom stereocenters. The molecule has 2 saturated heterocycles. The van der Waals surface area contributed by atoms with Crippen molar-refractivity contribution < 1.29 is 13.2 Å². The predicted molar refractivity (Wildman–Crippen MR) is 65.7 cm³/mol. The molecule has 2 bridgehead atoms. The standard InChI is InChI=1S/C13H16F3N3/c14-13(15,16)10-1-2-12(18-6-10)19-7-11-9-3-8(4-9)5-17-11/h1-2,6,8-9,11,17H,3-5,7H2,(H,18,19). The van der Waals surface area contributed by atoms with Gasteiger partial charge in [0, 0.05) is 18.8 Å². The topological polar surface area (TPSA) is 37.0 Å². The highest BCUT2D eigenvalue weighted by Gasteiger charge is 2.39. The van der Waals surface area contributed by atoms with Gasteiger partial charge < -0.3 is 10.6 Å². The van der Waals surface area contributed by atoms with E-state index in [0.29, 0.717) is 17.8 Å². The Balaban J connectivity index is 1.55. The third-order valence-corrected chi connectivity index (χ3v) is 4.10. The van der Waals surface area contributed by atoms with Crippen LogP contribution in [0.3, 0.4) is 0 Å². The SMILES string of the molecule is FC(F)(F)c1ccc(NCC2NCC3CC2C3)nc1. The Morgan fingerprint density at radius 1 is 1.32 bits per heavy atom. The van der Waals surface area contributed by atoms with Crippen LogP contribution in [0.2, 0.25) is 0 Å². The quantitative estimate of drug-likeness (QED) is 0.887. The van der Waals surface area contributed by atoms with E-state index < -0.39 is 11.7 Å². The van der Waals surface area contributed by atoms with Crippen molar-refractivity contribution in [3.63, 3.8) is 0 Å². The molecule has 6 heteroatoms. The Bertz CT molecular complexity index is 435. The number of nitrogens with zero attached hydrogens (tertiary/aromatic N) is 1. The molecule has 1 aromatic heterocycles. The fourth-order valence-corrected chi connectivity index (χ4v) is 2.89. The van der Waals surface area contributed by atoms with Crippen LogP contribution in [0.25, 0.3) is 0 Å². The number of fused-ring (bicyclic) bond motifs is 2. The molecule has 1 aromatic rings. The molecule has 1 unspecified atom stereocenters. The van der Waals surface area contributed by atoms with Gasteiger partial charge in [-0.1, -0.05) is 0 Å². The number of pyridine rings is 1. The number of aromatic nitrogens is 1. The molecule has 3 fully saturated rings. The molecule has 19 heavy (non-hydrogen) atoms. The van der Waals surface area contributed by atoms with E-state index in [2.05, 4.69) is 15.6 Å². The van der Waals surface area contributed by atoms with Crippen molar-refractivity contribution >= 4 is 5.82 Å². The maximum absolute atomic E-state index is 12.4. The number of nitrogens with one attached hydrogen (secondary N) is 2. The van der Waals surface area contributed by atoms with Gasteiger partial charge in [-0.25, -0.2) is 4.98 Å². The van der Waals surface area contributed by atoms with Gasteiger partial charge in [-0.3, -0.25) is 0 Å². The lowest BCUT2D eigenvalue weighted by Crippen LogP contribution is -2.55. The van der Waals surface area contributed by atoms with Crippen LogP contribution in [-0.2, 0) is 6.18 Å². The average molecular weight is 271 g/mol. The summed E-state index contributed by atoms with van der Waals surface area (Å²) >= 11 is 0. The van der Waals surface area contributed by atoms with E-state index in [9.17, 15) is 13.2 Å². The van der Waals surface area contributed by atoms with Gasteiger partial charge in [0.1, 0.15) is 5.82 Å². The Labute approximate surface area is 109 Å². The fourth-order valence-electron chi connectivity index (χ4n) is 2.89. The van der Waals surface area contributed by atoms with Crippen molar-refractivity contribution in [1.82, 2.24) is 10.3 Å². The first kappa shape index (κ1) is 12.7. The zero-order valence-electron chi connectivity index (χ0n) is 10.4. The molecule has 3 heterocycles. The van der Waals surface area contributed by atoms with E-state index in [-0.39, 0.29) is 0 Å². The summed E-state index contributed by atoms with van der Waals surface area (Å²) in [6.07, 6.45) is -0.896. The van der Waals surface area contributed by atoms with Gasteiger partial charge in [-0.05, 0) is 43.4 Å². The lowest BCUT2D eigenvalue weighted by atomic mass is 9.68. The van der Waals surface area contributed by atoms with E-state index >= 15 is 0 Å². The van der Waals surface area contributed by atoms with Gasteiger partial charge in [0.2, 0.25) is 0 Å². The van der Waals surface area contributed by atoms with E-state index in [1.807, 2.05) is 0 Å². The molecule has 0 radical (unpaired) electrons. The predicted octanol–water partition coefficient (Wildman–Crippen LogP) is 2.51. The van der Waals surface area contributed by atoms with E-state index in [1.165, 1.54) is 18.9 Å². The van der Waals surface area contributed by atoms with Gasteiger partial charge in [0.05, 0.1) is 5.56 Å². The molecule has 104 valence electrons. The average Bonchev–Trinajstić information content (AvgIpc) is 2.35. The lowest BCUT2D eigenvalue weighted by molar-refractivity contribution is -0.137. The van der Waals surface area contributed by atoms with Crippen LogP contribution in [0, 0.1) is 11.8 Å². The third-order valence-electron chi connectivity index (χ3n) is 4.10. The van der Waals surface area contributed by atoms with Gasteiger partial charge in [0.15, 0.2) is 0 Å². The maximum atomic E-state index is 12.4. The van der Waals surface area contributed by atoms with Gasteiger partial charge in [-0.2, -0.15) is 13.2 Å². The number of halogens is 3. The van der Waals surface area contributed by atoms with E-state index in [0.717, 1.165) is 31.3 Å². The first-order valence-corrected chi connectivity index (χ1v) is 6.53. The molecule has 0 spiro atoms. The number of hydrogen-bond acceptors (Lipinski definition) is 3. The summed E-state index contributed by atoms with van der Waals surface area (Å²) < 4.78 is 37.1. The van der Waals surface area contributed by atoms with Gasteiger partial charge >= 0.3 is 6.18 Å². The minimum Gasteiger partial charge on any atom is -0.369 e. The lowest BCUT2D eigenvalue weighted by Gasteiger charge is -2.47. The number of piperidine rings is 2. The monoisotopic (exact) mass is 271 g/mol. The number of anilines is 1. The highest BCUT2D eigenvalue weighted by molar-refractivity contribution is 5.36. The van der Waals surface area contributed by atoms with Gasteiger partial charge in [-0.15, -0.1) is 0 Å². The van der Waals surface area contributed by atoms with Crippen LogP contribution in [-0.4, -0.2) is 24.1 Å². The summed E-state index contributed by atoms with van der Waals surface area (Å²) in [6.45, 7) is 1.78. The second-order valence-electron chi connectivity index (χ2n) is 5.42. The highest BCUT2D eigenvalue weighted by Crippen LogP contribution is 2.39. The van der Waals surface area contributed by atoms with Crippen LogP contribution in [0.1, 0.15) is 18.4 Å². The molecule has 0 aromatic carbocycles. The number of rotatable bonds is 3. The molecular formula is C13H16F3N3. The van der Waals surface area contributed by atoms with Crippen molar-refractivity contribution in [1.29, 1.82) is 0 Å². The Morgan fingerprint density at radius 2 is 2.11 bits per heavy atom. The summed E-state index contributed by atoms with van der Waals surface area (Å²) in [5.74, 6) is 2.04. The van der Waals surface area contributed by atoms with Crippen LogP contribution in [0.4, 0.5) is 19.0 Å². The second-order valence-corrected chi connectivity index (χ2v) is 5.42. The number of hydrogen-bond donors (Lipinski definition) is 2. The minimum atomic E-state index is -4.32. The molecule has 2 N–H and O–H groups in total. The highest BCUT2D eigenvalue weighted by atomic mass is 19.4. The third kappa shape index (κ3) is 2.68. The summed E-state index contributed by atoms with van der Waals surface area (Å²) in [4.78, 5) is 3.81. The first-order valence-electron chi connectivity index (χ1n) is 6.53. The molecule has 0 amide bonds. The largest absolute Gasteiger partial charge is 0.417 e. The summed E-state index contributed by atoms with van der Waals surface area (Å²) in [5, 5.41) is 6.56. The smallest absolute Gasteiger partial charge is 0.369 e.